The molecule has 14 heavy (non-hydrogen) atoms. The first-order chi connectivity index (χ1) is 6.63. The molecule has 1 unspecified atom stereocenters. The van der Waals surface area contributed by atoms with E-state index in [9.17, 15) is 4.79 Å². The van der Waals surface area contributed by atoms with Gasteiger partial charge in [-0.15, -0.1) is 17.4 Å². The average molecular weight is 194 g/mol. The molecule has 0 aliphatic rings. The van der Waals surface area contributed by atoms with E-state index in [0.29, 0.717) is 0 Å². The van der Waals surface area contributed by atoms with Gasteiger partial charge in [0.25, 0.3) is 5.95 Å². The number of anilines is 1. The molecule has 0 bridgehead atoms. The molecule has 3 N–H and O–H groups in total. The number of tetrazole rings is 1. The Morgan fingerprint density at radius 1 is 1.86 bits per heavy atom. The lowest BCUT2D eigenvalue weighted by molar-refractivity contribution is -0.117. The molecule has 1 rings (SSSR count). The molecule has 0 saturated carbocycles. The van der Waals surface area contributed by atoms with Gasteiger partial charge in [-0.25, -0.2) is 0 Å². The molecule has 0 saturated heterocycles. The standard InChI is InChI=1S/C7H10N6O/c1-3-4-5(8)6(14)9-7-10-12-13(2)11-7/h1,5H,4,8H2,2H3,(H,9,11,14). The smallest absolute Gasteiger partial charge is 0.270 e. The van der Waals surface area contributed by atoms with Crippen LogP contribution in [0, 0.1) is 12.3 Å². The van der Waals surface area contributed by atoms with Gasteiger partial charge >= 0.3 is 0 Å². The predicted octanol–water partition coefficient (Wildman–Crippen LogP) is -1.50. The van der Waals surface area contributed by atoms with Gasteiger partial charge in [-0.2, -0.15) is 4.80 Å². The number of hydrogen-bond acceptors (Lipinski definition) is 5. The Kier molecular flexibility index (Phi) is 3.14. The van der Waals surface area contributed by atoms with E-state index in [0.717, 1.165) is 0 Å². The molecule has 74 valence electrons. The van der Waals surface area contributed by atoms with Crippen molar-refractivity contribution in [3.8, 4) is 12.3 Å². The predicted molar refractivity (Wildman–Crippen MR) is 48.9 cm³/mol. The molecule has 1 atom stereocenters. The fraction of sp³-hybridized carbons (Fsp3) is 0.429. The van der Waals surface area contributed by atoms with Crippen LogP contribution in [0.3, 0.4) is 0 Å². The maximum atomic E-state index is 11.3. The first-order valence-corrected chi connectivity index (χ1v) is 3.87. The van der Waals surface area contributed by atoms with E-state index in [1.165, 1.54) is 4.80 Å². The topological polar surface area (TPSA) is 98.7 Å². The summed E-state index contributed by atoms with van der Waals surface area (Å²) in [5.41, 5.74) is 5.45. The highest BCUT2D eigenvalue weighted by Gasteiger charge is 2.13. The van der Waals surface area contributed by atoms with E-state index in [1.807, 2.05) is 0 Å². The van der Waals surface area contributed by atoms with Gasteiger partial charge in [-0.3, -0.25) is 10.1 Å². The molecule has 0 aliphatic heterocycles. The van der Waals surface area contributed by atoms with Crippen LogP contribution in [0.25, 0.3) is 0 Å². The molecule has 1 amide bonds. The molecule has 0 fully saturated rings. The Morgan fingerprint density at radius 2 is 2.57 bits per heavy atom. The summed E-state index contributed by atoms with van der Waals surface area (Å²) in [6, 6.07) is -0.746. The fourth-order valence-electron chi connectivity index (χ4n) is 0.757. The minimum atomic E-state index is -0.746. The van der Waals surface area contributed by atoms with Crippen molar-refractivity contribution in [3.05, 3.63) is 0 Å². The minimum Gasteiger partial charge on any atom is -0.319 e. The normalized spacial score (nSPS) is 11.8. The van der Waals surface area contributed by atoms with Crippen LogP contribution in [0.15, 0.2) is 0 Å². The van der Waals surface area contributed by atoms with Crippen molar-refractivity contribution in [2.75, 3.05) is 5.32 Å². The zero-order valence-electron chi connectivity index (χ0n) is 7.64. The van der Waals surface area contributed by atoms with Crippen molar-refractivity contribution >= 4 is 11.9 Å². The molecule has 0 radical (unpaired) electrons. The summed E-state index contributed by atoms with van der Waals surface area (Å²) in [4.78, 5) is 12.5. The molecule has 1 aromatic rings. The Morgan fingerprint density at radius 3 is 3.07 bits per heavy atom. The first-order valence-electron chi connectivity index (χ1n) is 3.87. The van der Waals surface area contributed by atoms with E-state index in [-0.39, 0.29) is 12.4 Å². The molecular weight excluding hydrogens is 184 g/mol. The van der Waals surface area contributed by atoms with Gasteiger partial charge in [0.15, 0.2) is 0 Å². The molecular formula is C7H10N6O. The van der Waals surface area contributed by atoms with E-state index >= 15 is 0 Å². The molecule has 1 aromatic heterocycles. The van der Waals surface area contributed by atoms with E-state index < -0.39 is 11.9 Å². The number of hydrogen-bond donors (Lipinski definition) is 2. The first kappa shape index (κ1) is 10.1. The van der Waals surface area contributed by atoms with Crippen molar-refractivity contribution in [1.82, 2.24) is 20.2 Å². The van der Waals surface area contributed by atoms with Crippen LogP contribution in [0.2, 0.25) is 0 Å². The number of aryl methyl sites for hydroxylation is 1. The van der Waals surface area contributed by atoms with Crippen LogP contribution < -0.4 is 11.1 Å². The lowest BCUT2D eigenvalue weighted by atomic mass is 10.2. The van der Waals surface area contributed by atoms with Crippen molar-refractivity contribution in [2.45, 2.75) is 12.5 Å². The lowest BCUT2D eigenvalue weighted by Gasteiger charge is -2.05. The van der Waals surface area contributed by atoms with E-state index in [2.05, 4.69) is 26.6 Å². The molecule has 0 aliphatic carbocycles. The quantitative estimate of drug-likeness (QED) is 0.570. The number of rotatable bonds is 3. The second-order valence-electron chi connectivity index (χ2n) is 2.61. The SMILES string of the molecule is C#CCC(N)C(=O)Nc1nnn(C)n1. The maximum Gasteiger partial charge on any atom is 0.270 e. The van der Waals surface area contributed by atoms with Gasteiger partial charge < -0.3 is 5.73 Å². The summed E-state index contributed by atoms with van der Waals surface area (Å²) in [6.45, 7) is 0. The second-order valence-corrected chi connectivity index (χ2v) is 2.61. The molecule has 7 nitrogen and oxygen atoms in total. The van der Waals surface area contributed by atoms with Crippen molar-refractivity contribution in [1.29, 1.82) is 0 Å². The maximum absolute atomic E-state index is 11.3. The number of nitrogens with two attached hydrogens (primary N) is 1. The number of nitrogens with one attached hydrogen (secondary N) is 1. The summed E-state index contributed by atoms with van der Waals surface area (Å²) >= 11 is 0. The molecule has 0 aromatic carbocycles. The number of terminal acetylenes is 1. The summed E-state index contributed by atoms with van der Waals surface area (Å²) in [5, 5.41) is 13.2. The zero-order chi connectivity index (χ0) is 10.6. The highest BCUT2D eigenvalue weighted by atomic mass is 16.2. The minimum absolute atomic E-state index is 0.116. The zero-order valence-corrected chi connectivity index (χ0v) is 7.64. The van der Waals surface area contributed by atoms with Crippen molar-refractivity contribution in [2.24, 2.45) is 12.8 Å². The van der Waals surface area contributed by atoms with Gasteiger partial charge in [0.1, 0.15) is 0 Å². The van der Waals surface area contributed by atoms with Crippen LogP contribution in [0.5, 0.6) is 0 Å². The largest absolute Gasteiger partial charge is 0.319 e. The Balaban J connectivity index is 2.53. The highest BCUT2D eigenvalue weighted by molar-refractivity contribution is 5.93. The third kappa shape index (κ3) is 2.53. The summed E-state index contributed by atoms with van der Waals surface area (Å²) in [5.74, 6) is 1.99. The number of nitrogens with zero attached hydrogens (tertiary/aromatic N) is 4. The summed E-state index contributed by atoms with van der Waals surface area (Å²) in [6.07, 6.45) is 5.18. The third-order valence-corrected chi connectivity index (χ3v) is 1.42. The van der Waals surface area contributed by atoms with Gasteiger partial charge in [-0.1, -0.05) is 5.10 Å². The molecule has 1 heterocycles. The van der Waals surface area contributed by atoms with Crippen molar-refractivity contribution < 1.29 is 4.79 Å². The summed E-state index contributed by atoms with van der Waals surface area (Å²) < 4.78 is 0. The number of carbonyl (C=O) groups excluding carboxylic acids is 1. The van der Waals surface area contributed by atoms with Crippen LogP contribution in [0.4, 0.5) is 5.95 Å². The molecule has 7 heteroatoms. The van der Waals surface area contributed by atoms with E-state index in [4.69, 9.17) is 12.2 Å². The van der Waals surface area contributed by atoms with Gasteiger partial charge in [0.05, 0.1) is 13.1 Å². The van der Waals surface area contributed by atoms with Crippen LogP contribution in [-0.2, 0) is 11.8 Å². The van der Waals surface area contributed by atoms with Crippen LogP contribution in [-0.4, -0.2) is 32.2 Å². The lowest BCUT2D eigenvalue weighted by Crippen LogP contribution is -2.35. The third-order valence-electron chi connectivity index (χ3n) is 1.42. The van der Waals surface area contributed by atoms with Gasteiger partial charge in [0.2, 0.25) is 5.91 Å². The monoisotopic (exact) mass is 194 g/mol. The summed E-state index contributed by atoms with van der Waals surface area (Å²) in [7, 11) is 1.59. The van der Waals surface area contributed by atoms with Gasteiger partial charge in [-0.05, 0) is 5.21 Å². The van der Waals surface area contributed by atoms with Crippen LogP contribution in [0.1, 0.15) is 6.42 Å². The number of carbonyl (C=O) groups is 1. The second kappa shape index (κ2) is 4.34. The average Bonchev–Trinajstić information content (AvgIpc) is 2.51. The number of aromatic nitrogens is 4. The van der Waals surface area contributed by atoms with E-state index in [1.54, 1.807) is 7.05 Å². The van der Waals surface area contributed by atoms with Crippen LogP contribution >= 0.6 is 0 Å². The Bertz CT molecular complexity index is 365. The van der Waals surface area contributed by atoms with Crippen molar-refractivity contribution in [3.63, 3.8) is 0 Å². The number of amides is 1. The highest BCUT2D eigenvalue weighted by Crippen LogP contribution is 1.95. The van der Waals surface area contributed by atoms with Gasteiger partial charge in [0, 0.05) is 6.42 Å². The Labute approximate surface area is 80.7 Å². The Hall–Kier alpha value is -1.94. The fourth-order valence-corrected chi connectivity index (χ4v) is 0.757. The molecule has 0 spiro atoms.